The van der Waals surface area contributed by atoms with Gasteiger partial charge in [-0.25, -0.2) is 16.8 Å². The van der Waals surface area contributed by atoms with Gasteiger partial charge >= 0.3 is 5.97 Å². The zero-order valence-electron chi connectivity index (χ0n) is 27.0. The van der Waals surface area contributed by atoms with Gasteiger partial charge in [0.1, 0.15) is 0 Å². The number of hydrogen-bond donors (Lipinski definition) is 2. The van der Waals surface area contributed by atoms with Gasteiger partial charge in [-0.1, -0.05) is 93.3 Å². The van der Waals surface area contributed by atoms with Crippen molar-refractivity contribution >= 4 is 25.6 Å². The predicted octanol–water partition coefficient (Wildman–Crippen LogP) is 6.05. The van der Waals surface area contributed by atoms with E-state index in [1.54, 1.807) is 42.5 Å². The standard InChI is InChI=1S/C36H48O8S2/c1-4-5-12-26(2)21-29(37)17-18-32-33-23-27(22-28(33)24-34(32)38)25-36(20-19-35(39)44-3,45(40,41)30-13-8-6-9-14-30)46(42,43)31-15-10-7-11-16-31/h6-11,13-18,22,26,28-29,32-34,37-38H,4-5,12,19-21,23-25H2,1-3H3/b18-17+/t26?,28-,29+,32-,33-,34+/m0/s1. The van der Waals surface area contributed by atoms with Crippen LogP contribution in [-0.4, -0.2) is 56.4 Å². The number of fused-ring (bicyclic) bond motifs is 1. The monoisotopic (exact) mass is 672 g/mol. The van der Waals surface area contributed by atoms with Crippen LogP contribution in [0.2, 0.25) is 0 Å². The van der Waals surface area contributed by atoms with E-state index in [0.29, 0.717) is 30.8 Å². The van der Waals surface area contributed by atoms with Crippen molar-refractivity contribution in [2.24, 2.45) is 23.7 Å². The summed E-state index contributed by atoms with van der Waals surface area (Å²) in [5.74, 6) is -0.734. The maximum absolute atomic E-state index is 14.6. The lowest BCUT2D eigenvalue weighted by atomic mass is 9.88. The van der Waals surface area contributed by atoms with Crippen LogP contribution in [0.25, 0.3) is 0 Å². The van der Waals surface area contributed by atoms with Crippen molar-refractivity contribution in [1.82, 2.24) is 0 Å². The average molecular weight is 673 g/mol. The van der Waals surface area contributed by atoms with E-state index >= 15 is 0 Å². The third-order valence-corrected chi connectivity index (χ3v) is 15.5. The number of benzene rings is 2. The Kier molecular flexibility index (Phi) is 12.1. The Hall–Kier alpha value is -2.79. The molecule has 1 fully saturated rings. The molecule has 1 saturated carbocycles. The zero-order valence-corrected chi connectivity index (χ0v) is 28.6. The minimum absolute atomic E-state index is 0.0665. The van der Waals surface area contributed by atoms with Crippen molar-refractivity contribution in [2.45, 2.75) is 97.7 Å². The summed E-state index contributed by atoms with van der Waals surface area (Å²) in [6, 6.07) is 15.0. The lowest BCUT2D eigenvalue weighted by molar-refractivity contribution is -0.140. The van der Waals surface area contributed by atoms with Gasteiger partial charge < -0.3 is 14.9 Å². The molecule has 1 unspecified atom stereocenters. The molecule has 0 aliphatic heterocycles. The molecule has 6 atom stereocenters. The first kappa shape index (κ1) is 36.1. The largest absolute Gasteiger partial charge is 0.469 e. The topological polar surface area (TPSA) is 135 Å². The van der Waals surface area contributed by atoms with Crippen LogP contribution in [0, 0.1) is 23.7 Å². The molecule has 2 aliphatic carbocycles. The summed E-state index contributed by atoms with van der Waals surface area (Å²) in [4.78, 5) is 12.1. The lowest BCUT2D eigenvalue weighted by Gasteiger charge is -2.34. The highest BCUT2D eigenvalue weighted by atomic mass is 32.3. The van der Waals surface area contributed by atoms with Crippen molar-refractivity contribution in [3.05, 3.63) is 84.5 Å². The lowest BCUT2D eigenvalue weighted by Crippen LogP contribution is -2.47. The molecule has 252 valence electrons. The quantitative estimate of drug-likeness (QED) is 0.163. The van der Waals surface area contributed by atoms with Crippen molar-refractivity contribution in [2.75, 3.05) is 7.11 Å². The first-order valence-electron chi connectivity index (χ1n) is 16.3. The highest BCUT2D eigenvalue weighted by Gasteiger charge is 2.57. The minimum Gasteiger partial charge on any atom is -0.469 e. The van der Waals surface area contributed by atoms with E-state index in [0.717, 1.165) is 19.3 Å². The van der Waals surface area contributed by atoms with Crippen molar-refractivity contribution in [3.63, 3.8) is 0 Å². The summed E-state index contributed by atoms with van der Waals surface area (Å²) in [6.45, 7) is 4.27. The molecule has 0 radical (unpaired) electrons. The first-order valence-corrected chi connectivity index (χ1v) is 19.2. The number of methoxy groups -OCH3 is 1. The van der Waals surface area contributed by atoms with Gasteiger partial charge in [-0.05, 0) is 67.7 Å². The second-order valence-corrected chi connectivity index (χ2v) is 17.7. The van der Waals surface area contributed by atoms with E-state index in [1.807, 2.05) is 12.2 Å². The normalized spacial score (nSPS) is 23.2. The Balaban J connectivity index is 1.70. The fourth-order valence-corrected chi connectivity index (χ4v) is 12.3. The number of sulfone groups is 2. The molecule has 0 heterocycles. The molecule has 0 bridgehead atoms. The van der Waals surface area contributed by atoms with Crippen LogP contribution in [0.4, 0.5) is 0 Å². The van der Waals surface area contributed by atoms with E-state index in [2.05, 4.69) is 13.8 Å². The summed E-state index contributed by atoms with van der Waals surface area (Å²) in [5, 5.41) is 21.6. The molecule has 2 aliphatic rings. The van der Waals surface area contributed by atoms with Crippen molar-refractivity contribution in [1.29, 1.82) is 0 Å². The van der Waals surface area contributed by atoms with Crippen LogP contribution in [0.15, 0.2) is 94.3 Å². The first-order chi connectivity index (χ1) is 21.9. The maximum Gasteiger partial charge on any atom is 0.305 e. The predicted molar refractivity (Wildman–Crippen MR) is 178 cm³/mol. The number of esters is 1. The van der Waals surface area contributed by atoms with E-state index < -0.39 is 54.8 Å². The highest BCUT2D eigenvalue weighted by Crippen LogP contribution is 2.52. The van der Waals surface area contributed by atoms with E-state index in [4.69, 9.17) is 4.74 Å². The van der Waals surface area contributed by atoms with Crippen LogP contribution < -0.4 is 0 Å². The Labute approximate surface area is 274 Å². The summed E-state index contributed by atoms with van der Waals surface area (Å²) in [7, 11) is -7.98. The van der Waals surface area contributed by atoms with E-state index in [-0.39, 0.29) is 34.0 Å². The van der Waals surface area contributed by atoms with Crippen LogP contribution >= 0.6 is 0 Å². The molecular formula is C36H48O8S2. The van der Waals surface area contributed by atoms with Crippen LogP contribution in [0.5, 0.6) is 0 Å². The van der Waals surface area contributed by atoms with Crippen LogP contribution in [-0.2, 0) is 29.2 Å². The number of allylic oxidation sites excluding steroid dienone is 2. The Morgan fingerprint density at radius 1 is 1.02 bits per heavy atom. The van der Waals surface area contributed by atoms with Crippen molar-refractivity contribution in [3.8, 4) is 0 Å². The van der Waals surface area contributed by atoms with Gasteiger partial charge in [0.25, 0.3) is 0 Å². The van der Waals surface area contributed by atoms with Gasteiger partial charge in [0.15, 0.2) is 23.8 Å². The second-order valence-electron chi connectivity index (χ2n) is 13.0. The third kappa shape index (κ3) is 7.67. The number of carbonyl (C=O) groups is 1. The Morgan fingerprint density at radius 3 is 2.15 bits per heavy atom. The van der Waals surface area contributed by atoms with Crippen LogP contribution in [0.3, 0.4) is 0 Å². The van der Waals surface area contributed by atoms with Gasteiger partial charge in [-0.15, -0.1) is 0 Å². The smallest absolute Gasteiger partial charge is 0.305 e. The van der Waals surface area contributed by atoms with Gasteiger partial charge in [0.05, 0.1) is 29.1 Å². The van der Waals surface area contributed by atoms with Gasteiger partial charge in [-0.3, -0.25) is 4.79 Å². The van der Waals surface area contributed by atoms with Gasteiger partial charge in [-0.2, -0.15) is 0 Å². The minimum atomic E-state index is -4.58. The molecule has 2 N–H and O–H groups in total. The number of ether oxygens (including phenoxy) is 1. The maximum atomic E-state index is 14.6. The number of unbranched alkanes of at least 4 members (excludes halogenated alkanes) is 1. The molecule has 2 aromatic carbocycles. The van der Waals surface area contributed by atoms with Crippen LogP contribution in [0.1, 0.15) is 71.6 Å². The molecule has 0 amide bonds. The molecule has 8 nitrogen and oxygen atoms in total. The third-order valence-electron chi connectivity index (χ3n) is 9.72. The summed E-state index contributed by atoms with van der Waals surface area (Å²) >= 11 is 0. The van der Waals surface area contributed by atoms with Gasteiger partial charge in [0, 0.05) is 18.8 Å². The fourth-order valence-electron chi connectivity index (χ4n) is 7.22. The number of carbonyl (C=O) groups excluding carboxylic acids is 1. The van der Waals surface area contributed by atoms with E-state index in [9.17, 15) is 31.8 Å². The zero-order chi connectivity index (χ0) is 33.5. The Morgan fingerprint density at radius 2 is 1.61 bits per heavy atom. The molecule has 0 saturated heterocycles. The molecule has 10 heteroatoms. The fraction of sp³-hybridized carbons (Fsp3) is 0.528. The molecule has 0 spiro atoms. The summed E-state index contributed by atoms with van der Waals surface area (Å²) in [6.07, 6.45) is 7.83. The molecular weight excluding hydrogens is 625 g/mol. The Bertz CT molecular complexity index is 1510. The molecule has 0 aromatic heterocycles. The van der Waals surface area contributed by atoms with Gasteiger partial charge in [0.2, 0.25) is 0 Å². The highest BCUT2D eigenvalue weighted by molar-refractivity contribution is 8.10. The summed E-state index contributed by atoms with van der Waals surface area (Å²) < 4.78 is 60.9. The molecule has 2 aromatic rings. The SMILES string of the molecule is CCCCC(C)C[C@H](O)/C=C/[C@H]1[C@H]2CC(CC(CCC(=O)OC)(S(=O)(=O)c3ccccc3)S(=O)(=O)c3ccccc3)=C[C@H]2C[C@H]1O. The van der Waals surface area contributed by atoms with Crippen molar-refractivity contribution < 1.29 is 36.6 Å². The average Bonchev–Trinajstić information content (AvgIpc) is 3.56. The molecule has 46 heavy (non-hydrogen) atoms. The number of aliphatic hydroxyl groups excluding tert-OH is 2. The number of aliphatic hydroxyl groups is 2. The summed E-state index contributed by atoms with van der Waals surface area (Å²) in [5.41, 5.74) is 0.665. The molecule has 4 rings (SSSR count). The second kappa shape index (κ2) is 15.4. The van der Waals surface area contributed by atoms with E-state index in [1.165, 1.54) is 31.4 Å². The number of rotatable bonds is 16. The number of hydrogen-bond acceptors (Lipinski definition) is 8.